The second kappa shape index (κ2) is 7.47. The SMILES string of the molecule is CCCCCCNC(=O)c1coc(-c2ccc(N)cc2)n1. The molecular weight excluding hydrogens is 266 g/mol. The van der Waals surface area contributed by atoms with Gasteiger partial charge in [0.25, 0.3) is 5.91 Å². The van der Waals surface area contributed by atoms with Crippen LogP contribution in [0.15, 0.2) is 34.9 Å². The summed E-state index contributed by atoms with van der Waals surface area (Å²) in [7, 11) is 0. The highest BCUT2D eigenvalue weighted by Crippen LogP contribution is 2.19. The molecule has 1 aromatic heterocycles. The molecule has 0 saturated heterocycles. The lowest BCUT2D eigenvalue weighted by atomic mass is 10.2. The number of hydrogen-bond acceptors (Lipinski definition) is 4. The van der Waals surface area contributed by atoms with Gasteiger partial charge < -0.3 is 15.5 Å². The van der Waals surface area contributed by atoms with E-state index >= 15 is 0 Å². The molecule has 1 aromatic carbocycles. The summed E-state index contributed by atoms with van der Waals surface area (Å²) in [5, 5.41) is 2.85. The number of benzene rings is 1. The molecule has 21 heavy (non-hydrogen) atoms. The van der Waals surface area contributed by atoms with Crippen molar-refractivity contribution in [2.45, 2.75) is 32.6 Å². The largest absolute Gasteiger partial charge is 0.444 e. The van der Waals surface area contributed by atoms with Gasteiger partial charge in [-0.05, 0) is 30.7 Å². The van der Waals surface area contributed by atoms with Gasteiger partial charge in [-0.3, -0.25) is 4.79 Å². The Balaban J connectivity index is 1.90. The van der Waals surface area contributed by atoms with E-state index in [2.05, 4.69) is 17.2 Å². The molecule has 0 saturated carbocycles. The lowest BCUT2D eigenvalue weighted by molar-refractivity contribution is 0.0948. The predicted molar refractivity (Wildman–Crippen MR) is 82.8 cm³/mol. The molecular formula is C16H21N3O2. The lowest BCUT2D eigenvalue weighted by Gasteiger charge is -2.01. The van der Waals surface area contributed by atoms with Gasteiger partial charge in [-0.1, -0.05) is 26.2 Å². The van der Waals surface area contributed by atoms with Crippen molar-refractivity contribution in [1.82, 2.24) is 10.3 Å². The Morgan fingerprint density at radius 3 is 2.71 bits per heavy atom. The van der Waals surface area contributed by atoms with E-state index in [-0.39, 0.29) is 5.91 Å². The van der Waals surface area contributed by atoms with Crippen LogP contribution in [0.3, 0.4) is 0 Å². The normalized spacial score (nSPS) is 10.5. The predicted octanol–water partition coefficient (Wildman–Crippen LogP) is 3.23. The number of nitrogen functional groups attached to an aromatic ring is 1. The maximum absolute atomic E-state index is 11.9. The Kier molecular flexibility index (Phi) is 5.37. The molecule has 3 N–H and O–H groups in total. The molecule has 0 aliphatic rings. The Bertz CT molecular complexity index is 575. The molecule has 5 nitrogen and oxygen atoms in total. The number of nitrogens with zero attached hydrogens (tertiary/aromatic N) is 1. The first-order valence-electron chi connectivity index (χ1n) is 7.30. The molecule has 2 aromatic rings. The number of oxazole rings is 1. The zero-order valence-corrected chi connectivity index (χ0v) is 12.3. The number of rotatable bonds is 7. The molecule has 0 aliphatic heterocycles. The maximum Gasteiger partial charge on any atom is 0.273 e. The number of nitrogens with two attached hydrogens (primary N) is 1. The minimum atomic E-state index is -0.197. The molecule has 0 radical (unpaired) electrons. The molecule has 0 unspecified atom stereocenters. The van der Waals surface area contributed by atoms with E-state index < -0.39 is 0 Å². The van der Waals surface area contributed by atoms with Gasteiger partial charge in [0.15, 0.2) is 5.69 Å². The second-order valence-corrected chi connectivity index (χ2v) is 4.98. The van der Waals surface area contributed by atoms with E-state index in [1.165, 1.54) is 19.1 Å². The second-order valence-electron chi connectivity index (χ2n) is 4.98. The summed E-state index contributed by atoms with van der Waals surface area (Å²) in [6.45, 7) is 2.83. The molecule has 0 aliphatic carbocycles. The molecule has 0 spiro atoms. The standard InChI is InChI=1S/C16H21N3O2/c1-2-3-4-5-10-18-15(20)14-11-21-16(19-14)12-6-8-13(17)9-7-12/h6-9,11H,2-5,10,17H2,1H3,(H,18,20). The van der Waals surface area contributed by atoms with Gasteiger partial charge in [0.1, 0.15) is 6.26 Å². The van der Waals surface area contributed by atoms with Gasteiger partial charge in [-0.25, -0.2) is 4.98 Å². The quantitative estimate of drug-likeness (QED) is 0.605. The number of amides is 1. The van der Waals surface area contributed by atoms with Crippen molar-refractivity contribution < 1.29 is 9.21 Å². The van der Waals surface area contributed by atoms with E-state index in [0.29, 0.717) is 23.8 Å². The zero-order valence-electron chi connectivity index (χ0n) is 12.3. The third-order valence-corrected chi connectivity index (χ3v) is 3.21. The van der Waals surface area contributed by atoms with Crippen molar-refractivity contribution in [2.75, 3.05) is 12.3 Å². The number of anilines is 1. The maximum atomic E-state index is 11.9. The minimum absolute atomic E-state index is 0.197. The highest BCUT2D eigenvalue weighted by molar-refractivity contribution is 5.92. The Morgan fingerprint density at radius 1 is 1.24 bits per heavy atom. The number of carbonyl (C=O) groups is 1. The first kappa shape index (κ1) is 15.1. The Hall–Kier alpha value is -2.30. The summed E-state index contributed by atoms with van der Waals surface area (Å²) >= 11 is 0. The third kappa shape index (κ3) is 4.34. The van der Waals surface area contributed by atoms with Crippen LogP contribution >= 0.6 is 0 Å². The number of hydrogen-bond donors (Lipinski definition) is 2. The molecule has 0 bridgehead atoms. The van der Waals surface area contributed by atoms with Crippen LogP contribution in [0.25, 0.3) is 11.5 Å². The fourth-order valence-corrected chi connectivity index (χ4v) is 1.98. The molecule has 5 heteroatoms. The van der Waals surface area contributed by atoms with Crippen molar-refractivity contribution in [1.29, 1.82) is 0 Å². The summed E-state index contributed by atoms with van der Waals surface area (Å²) < 4.78 is 5.34. The first-order chi connectivity index (χ1) is 10.2. The highest BCUT2D eigenvalue weighted by Gasteiger charge is 2.12. The van der Waals surface area contributed by atoms with Crippen LogP contribution in [0.5, 0.6) is 0 Å². The van der Waals surface area contributed by atoms with Crippen LogP contribution in [-0.2, 0) is 0 Å². The van der Waals surface area contributed by atoms with Crippen LogP contribution in [0, 0.1) is 0 Å². The third-order valence-electron chi connectivity index (χ3n) is 3.21. The highest BCUT2D eigenvalue weighted by atomic mass is 16.3. The van der Waals surface area contributed by atoms with E-state index in [1.807, 2.05) is 12.1 Å². The van der Waals surface area contributed by atoms with Gasteiger partial charge in [-0.2, -0.15) is 0 Å². The Morgan fingerprint density at radius 2 is 2.00 bits per heavy atom. The average Bonchev–Trinajstić information content (AvgIpc) is 2.97. The van der Waals surface area contributed by atoms with Gasteiger partial charge >= 0.3 is 0 Å². The van der Waals surface area contributed by atoms with E-state index in [0.717, 1.165) is 18.4 Å². The first-order valence-corrected chi connectivity index (χ1v) is 7.30. The van der Waals surface area contributed by atoms with Crippen LogP contribution in [0.1, 0.15) is 43.1 Å². The number of carbonyl (C=O) groups excluding carboxylic acids is 1. The van der Waals surface area contributed by atoms with Crippen molar-refractivity contribution in [3.63, 3.8) is 0 Å². The smallest absolute Gasteiger partial charge is 0.273 e. The van der Waals surface area contributed by atoms with Gasteiger partial charge in [-0.15, -0.1) is 0 Å². The molecule has 2 rings (SSSR count). The Labute approximate surface area is 124 Å². The van der Waals surface area contributed by atoms with Gasteiger partial charge in [0.2, 0.25) is 5.89 Å². The number of aromatic nitrogens is 1. The summed E-state index contributed by atoms with van der Waals surface area (Å²) in [5.74, 6) is 0.225. The summed E-state index contributed by atoms with van der Waals surface area (Å²) in [5.41, 5.74) is 7.41. The fraction of sp³-hybridized carbons (Fsp3) is 0.375. The topological polar surface area (TPSA) is 81.2 Å². The van der Waals surface area contributed by atoms with Crippen LogP contribution in [0.4, 0.5) is 5.69 Å². The van der Waals surface area contributed by atoms with Crippen LogP contribution < -0.4 is 11.1 Å². The van der Waals surface area contributed by atoms with E-state index in [9.17, 15) is 4.79 Å². The molecule has 0 atom stereocenters. The van der Waals surface area contributed by atoms with Gasteiger partial charge in [0.05, 0.1) is 0 Å². The average molecular weight is 287 g/mol. The lowest BCUT2D eigenvalue weighted by Crippen LogP contribution is -2.24. The molecule has 0 fully saturated rings. The summed E-state index contributed by atoms with van der Waals surface area (Å²) in [4.78, 5) is 16.1. The van der Waals surface area contributed by atoms with Crippen LogP contribution in [0.2, 0.25) is 0 Å². The fourth-order valence-electron chi connectivity index (χ4n) is 1.98. The van der Waals surface area contributed by atoms with E-state index in [1.54, 1.807) is 12.1 Å². The van der Waals surface area contributed by atoms with Crippen molar-refractivity contribution in [3.8, 4) is 11.5 Å². The minimum Gasteiger partial charge on any atom is -0.444 e. The number of unbranched alkanes of at least 4 members (excludes halogenated alkanes) is 3. The summed E-state index contributed by atoms with van der Waals surface area (Å²) in [6.07, 6.45) is 5.88. The molecule has 1 amide bonds. The van der Waals surface area contributed by atoms with E-state index in [4.69, 9.17) is 10.2 Å². The number of nitrogens with one attached hydrogen (secondary N) is 1. The summed E-state index contributed by atoms with van der Waals surface area (Å²) in [6, 6.07) is 7.17. The monoisotopic (exact) mass is 287 g/mol. The van der Waals surface area contributed by atoms with Crippen molar-refractivity contribution in [2.24, 2.45) is 0 Å². The zero-order chi connectivity index (χ0) is 15.1. The van der Waals surface area contributed by atoms with Gasteiger partial charge in [0, 0.05) is 17.8 Å². The molecule has 112 valence electrons. The van der Waals surface area contributed by atoms with Crippen LogP contribution in [-0.4, -0.2) is 17.4 Å². The van der Waals surface area contributed by atoms with Crippen molar-refractivity contribution >= 4 is 11.6 Å². The molecule has 1 heterocycles. The van der Waals surface area contributed by atoms with Crippen molar-refractivity contribution in [3.05, 3.63) is 36.2 Å².